The molecular formula is C79H150O17P2. The average molecular weight is 1430 g/mol. The van der Waals surface area contributed by atoms with Gasteiger partial charge < -0.3 is 33.8 Å². The minimum atomic E-state index is -4.97. The van der Waals surface area contributed by atoms with Crippen LogP contribution in [-0.4, -0.2) is 96.7 Å². The van der Waals surface area contributed by atoms with Crippen LogP contribution in [-0.2, 0) is 65.4 Å². The summed E-state index contributed by atoms with van der Waals surface area (Å²) < 4.78 is 68.6. The first-order chi connectivity index (χ1) is 47.2. The summed E-state index contributed by atoms with van der Waals surface area (Å²) >= 11 is 0. The molecule has 17 nitrogen and oxygen atoms in total. The van der Waals surface area contributed by atoms with Crippen LogP contribution < -0.4 is 0 Å². The van der Waals surface area contributed by atoms with Crippen molar-refractivity contribution >= 4 is 39.5 Å². The molecule has 0 rings (SSSR count). The van der Waals surface area contributed by atoms with Crippen LogP contribution in [0.2, 0.25) is 0 Å². The highest BCUT2D eigenvalue weighted by molar-refractivity contribution is 7.47. The van der Waals surface area contributed by atoms with Gasteiger partial charge in [0.1, 0.15) is 19.3 Å². The van der Waals surface area contributed by atoms with E-state index in [1.54, 1.807) is 0 Å². The van der Waals surface area contributed by atoms with Crippen molar-refractivity contribution < 1.29 is 80.2 Å². The Morgan fingerprint density at radius 1 is 0.316 bits per heavy atom. The Morgan fingerprint density at radius 2 is 0.551 bits per heavy atom. The molecular weight excluding hydrogens is 1280 g/mol. The first-order valence-corrected chi connectivity index (χ1v) is 43.2. The normalized spacial score (nSPS) is 14.2. The molecule has 0 fully saturated rings. The highest BCUT2D eigenvalue weighted by atomic mass is 31.2. The molecule has 0 aromatic carbocycles. The summed E-state index contributed by atoms with van der Waals surface area (Å²) in [5.41, 5.74) is 0. The smallest absolute Gasteiger partial charge is 0.462 e. The SMILES string of the molecule is CCCCCC/C=C\C=C/CCCCCCCC(=O)OC[C@H](COP(=O)(O)OC[C@@H](O)COP(=O)(O)OC[C@@H](COC(=O)CCCCCCCCCCCC(C)C)OC(=O)CCCCCCCCCCCCC(C)C)OC(=O)CCCCCCCCCCCCCCCCCC(C)C. The molecule has 0 aromatic heterocycles. The highest BCUT2D eigenvalue weighted by Gasteiger charge is 2.30. The molecule has 3 N–H and O–H groups in total. The number of allylic oxidation sites excluding steroid dienone is 4. The number of unbranched alkanes of at least 4 members (excludes halogenated alkanes) is 40. The lowest BCUT2D eigenvalue weighted by Crippen LogP contribution is -2.30. The maximum absolute atomic E-state index is 13.1. The minimum Gasteiger partial charge on any atom is -0.462 e. The third-order valence-electron chi connectivity index (χ3n) is 17.8. The van der Waals surface area contributed by atoms with E-state index in [2.05, 4.69) is 72.8 Å². The van der Waals surface area contributed by atoms with Gasteiger partial charge in [0.2, 0.25) is 0 Å². The maximum atomic E-state index is 13.1. The Kier molecular flexibility index (Phi) is 67.2. The lowest BCUT2D eigenvalue weighted by atomic mass is 10.0. The van der Waals surface area contributed by atoms with Crippen LogP contribution in [0.5, 0.6) is 0 Å². The van der Waals surface area contributed by atoms with Gasteiger partial charge in [0, 0.05) is 25.7 Å². The predicted octanol–water partition coefficient (Wildman–Crippen LogP) is 22.9. The van der Waals surface area contributed by atoms with E-state index in [-0.39, 0.29) is 25.7 Å². The summed E-state index contributed by atoms with van der Waals surface area (Å²) in [7, 11) is -9.93. The highest BCUT2D eigenvalue weighted by Crippen LogP contribution is 2.45. The second-order valence-electron chi connectivity index (χ2n) is 29.2. The van der Waals surface area contributed by atoms with Gasteiger partial charge in [-0.15, -0.1) is 0 Å². The maximum Gasteiger partial charge on any atom is 0.472 e. The Morgan fingerprint density at radius 3 is 0.827 bits per heavy atom. The molecule has 5 atom stereocenters. The van der Waals surface area contributed by atoms with Crippen LogP contribution in [0.4, 0.5) is 0 Å². The van der Waals surface area contributed by atoms with Crippen LogP contribution in [0.1, 0.15) is 382 Å². The van der Waals surface area contributed by atoms with Gasteiger partial charge in [0.15, 0.2) is 12.2 Å². The number of phosphoric ester groups is 2. The molecule has 0 bridgehead atoms. The van der Waals surface area contributed by atoms with E-state index in [0.717, 1.165) is 127 Å². The summed E-state index contributed by atoms with van der Waals surface area (Å²) in [6, 6.07) is 0. The van der Waals surface area contributed by atoms with Crippen LogP contribution in [0.15, 0.2) is 24.3 Å². The summed E-state index contributed by atoms with van der Waals surface area (Å²) in [4.78, 5) is 72.9. The lowest BCUT2D eigenvalue weighted by molar-refractivity contribution is -0.161. The Hall–Kier alpha value is -2.46. The number of esters is 4. The second kappa shape index (κ2) is 68.9. The van der Waals surface area contributed by atoms with Crippen molar-refractivity contribution in [1.82, 2.24) is 0 Å². The molecule has 98 heavy (non-hydrogen) atoms. The number of carbonyl (C=O) groups is 4. The number of ether oxygens (including phenoxy) is 4. The quantitative estimate of drug-likeness (QED) is 0.0169. The fraction of sp³-hybridized carbons (Fsp3) is 0.899. The third kappa shape index (κ3) is 71.9. The van der Waals surface area contributed by atoms with Gasteiger partial charge in [0.05, 0.1) is 26.4 Å². The van der Waals surface area contributed by atoms with E-state index in [1.165, 1.54) is 173 Å². The van der Waals surface area contributed by atoms with E-state index in [1.807, 2.05) is 0 Å². The van der Waals surface area contributed by atoms with Gasteiger partial charge in [-0.1, -0.05) is 330 Å². The fourth-order valence-electron chi connectivity index (χ4n) is 11.6. The minimum absolute atomic E-state index is 0.101. The molecule has 0 aliphatic heterocycles. The molecule has 578 valence electrons. The zero-order chi connectivity index (χ0) is 72.3. The van der Waals surface area contributed by atoms with Crippen molar-refractivity contribution in [2.75, 3.05) is 39.6 Å². The number of aliphatic hydroxyl groups excluding tert-OH is 1. The molecule has 0 radical (unpaired) electrons. The van der Waals surface area contributed by atoms with Crippen molar-refractivity contribution in [2.45, 2.75) is 401 Å². The van der Waals surface area contributed by atoms with E-state index in [9.17, 15) is 43.2 Å². The van der Waals surface area contributed by atoms with Crippen LogP contribution in [0.25, 0.3) is 0 Å². The van der Waals surface area contributed by atoms with Gasteiger partial charge in [-0.3, -0.25) is 37.3 Å². The first-order valence-electron chi connectivity index (χ1n) is 40.2. The van der Waals surface area contributed by atoms with Crippen molar-refractivity contribution in [1.29, 1.82) is 0 Å². The first kappa shape index (κ1) is 95.5. The van der Waals surface area contributed by atoms with Crippen molar-refractivity contribution in [2.24, 2.45) is 17.8 Å². The zero-order valence-electron chi connectivity index (χ0n) is 63.7. The fourth-order valence-corrected chi connectivity index (χ4v) is 13.2. The standard InChI is InChI=1S/C79H150O17P2/c1-8-9-10-11-12-13-14-15-17-21-24-32-39-46-53-60-76(81)89-66-74(95-78(83)62-55-48-41-33-25-22-19-16-18-20-23-29-36-43-50-57-70(2)3)68-93-97(85,86)91-64-73(80)65-92-98(87,88)94-69-75(67-90-77(82)61-54-47-40-35-28-31-38-45-52-59-72(6)7)96-79(84)63-56-49-42-34-27-26-30-37-44-51-58-71(4)5/h13-15,17,70-75,80H,8-12,16,18-69H2,1-7H3,(H,85,86)(H,87,88)/b14-13-,17-15-/t73-,74-,75-/m1/s1. The Bertz CT molecular complexity index is 2000. The van der Waals surface area contributed by atoms with Gasteiger partial charge >= 0.3 is 39.5 Å². The Balaban J connectivity index is 5.30. The van der Waals surface area contributed by atoms with Crippen LogP contribution >= 0.6 is 15.6 Å². The predicted molar refractivity (Wildman–Crippen MR) is 400 cm³/mol. The molecule has 0 saturated carbocycles. The number of carbonyl (C=O) groups excluding carboxylic acids is 4. The molecule has 0 aliphatic carbocycles. The van der Waals surface area contributed by atoms with Crippen molar-refractivity contribution in [3.63, 3.8) is 0 Å². The summed E-state index contributed by atoms with van der Waals surface area (Å²) in [6.07, 6.45) is 59.0. The summed E-state index contributed by atoms with van der Waals surface area (Å²) in [6.45, 7) is 11.8. The van der Waals surface area contributed by atoms with Crippen LogP contribution in [0, 0.1) is 17.8 Å². The van der Waals surface area contributed by atoms with Gasteiger partial charge in [-0.25, -0.2) is 9.13 Å². The second-order valence-corrected chi connectivity index (χ2v) is 32.1. The van der Waals surface area contributed by atoms with Gasteiger partial charge in [-0.05, 0) is 69.1 Å². The topological polar surface area (TPSA) is 237 Å². The summed E-state index contributed by atoms with van der Waals surface area (Å²) in [5.74, 6) is 0.149. The molecule has 0 saturated heterocycles. The van der Waals surface area contributed by atoms with Crippen molar-refractivity contribution in [3.05, 3.63) is 24.3 Å². The van der Waals surface area contributed by atoms with Crippen molar-refractivity contribution in [3.8, 4) is 0 Å². The molecule has 0 aromatic rings. The molecule has 0 aliphatic rings. The number of rotatable bonds is 75. The lowest BCUT2D eigenvalue weighted by Gasteiger charge is -2.21. The number of phosphoric acid groups is 2. The average Bonchev–Trinajstić information content (AvgIpc) is 1.09. The van der Waals surface area contributed by atoms with E-state index in [0.29, 0.717) is 25.7 Å². The number of aliphatic hydroxyl groups is 1. The molecule has 19 heteroatoms. The van der Waals surface area contributed by atoms with Crippen LogP contribution in [0.3, 0.4) is 0 Å². The third-order valence-corrected chi connectivity index (χ3v) is 19.7. The summed E-state index contributed by atoms with van der Waals surface area (Å²) in [5, 5.41) is 10.6. The largest absolute Gasteiger partial charge is 0.472 e. The number of hydrogen-bond acceptors (Lipinski definition) is 15. The van der Waals surface area contributed by atoms with Gasteiger partial charge in [-0.2, -0.15) is 0 Å². The molecule has 0 heterocycles. The molecule has 0 spiro atoms. The van der Waals surface area contributed by atoms with Gasteiger partial charge in [0.25, 0.3) is 0 Å². The van der Waals surface area contributed by atoms with E-state index in [4.69, 9.17) is 37.0 Å². The molecule has 2 unspecified atom stereocenters. The Labute approximate surface area is 599 Å². The molecule has 0 amide bonds. The van der Waals surface area contributed by atoms with E-state index < -0.39 is 97.5 Å². The number of hydrogen-bond donors (Lipinski definition) is 3. The van der Waals surface area contributed by atoms with E-state index >= 15 is 0 Å². The zero-order valence-corrected chi connectivity index (χ0v) is 65.5. The monoisotopic (exact) mass is 1430 g/mol.